The molecule has 1 aromatic heterocycles. The van der Waals surface area contributed by atoms with Gasteiger partial charge in [-0.1, -0.05) is 45.0 Å². The van der Waals surface area contributed by atoms with Crippen molar-refractivity contribution in [1.82, 2.24) is 25.7 Å². The molecule has 132 valence electrons. The van der Waals surface area contributed by atoms with Crippen LogP contribution in [0, 0.1) is 5.41 Å². The number of benzene rings is 1. The van der Waals surface area contributed by atoms with Gasteiger partial charge in [0.25, 0.3) is 0 Å². The number of Topliss-reactive ketones (excluding diaryl/α,β-unsaturated/α-hetero) is 1. The van der Waals surface area contributed by atoms with Gasteiger partial charge in [-0.3, -0.25) is 9.59 Å². The van der Waals surface area contributed by atoms with E-state index in [1.54, 1.807) is 0 Å². The van der Waals surface area contributed by atoms with Crippen LogP contribution < -0.4 is 5.32 Å². The van der Waals surface area contributed by atoms with Gasteiger partial charge in [0.05, 0.1) is 0 Å². The minimum Gasteiger partial charge on any atom is -0.352 e. The van der Waals surface area contributed by atoms with Crippen molar-refractivity contribution in [2.45, 2.75) is 46.6 Å². The molecule has 0 aliphatic carbocycles. The summed E-state index contributed by atoms with van der Waals surface area (Å²) in [6.45, 7) is 6.13. The minimum absolute atomic E-state index is 0.0504. The summed E-state index contributed by atoms with van der Waals surface area (Å²) in [5.41, 5.74) is 1.45. The van der Waals surface area contributed by atoms with E-state index in [2.05, 4.69) is 25.7 Å². The summed E-state index contributed by atoms with van der Waals surface area (Å²) in [4.78, 5) is 23.7. The van der Waals surface area contributed by atoms with Gasteiger partial charge in [-0.05, 0) is 12.0 Å². The first-order valence-electron chi connectivity index (χ1n) is 8.26. The second kappa shape index (κ2) is 8.41. The molecule has 25 heavy (non-hydrogen) atoms. The van der Waals surface area contributed by atoms with Crippen molar-refractivity contribution in [1.29, 1.82) is 0 Å². The number of nitrogens with one attached hydrogen (secondary N) is 1. The quantitative estimate of drug-likeness (QED) is 0.830. The largest absolute Gasteiger partial charge is 0.352 e. The van der Waals surface area contributed by atoms with Gasteiger partial charge in [0.2, 0.25) is 11.7 Å². The van der Waals surface area contributed by atoms with Crippen molar-refractivity contribution < 1.29 is 9.59 Å². The van der Waals surface area contributed by atoms with Crippen molar-refractivity contribution >= 4 is 11.7 Å². The first-order valence-corrected chi connectivity index (χ1v) is 8.26. The zero-order valence-electron chi connectivity index (χ0n) is 14.8. The Kier molecular flexibility index (Phi) is 6.27. The molecule has 0 atom stereocenters. The molecule has 1 amide bonds. The smallest absolute Gasteiger partial charge is 0.220 e. The molecule has 1 heterocycles. The van der Waals surface area contributed by atoms with E-state index in [4.69, 9.17) is 0 Å². The lowest BCUT2D eigenvalue weighted by atomic mass is 9.88. The monoisotopic (exact) mass is 341 g/mol. The zero-order chi connectivity index (χ0) is 18.3. The fraction of sp³-hybridized carbons (Fsp3) is 0.444. The van der Waals surface area contributed by atoms with Gasteiger partial charge in [0.15, 0.2) is 6.33 Å². The van der Waals surface area contributed by atoms with Crippen molar-refractivity contribution in [2.75, 3.05) is 0 Å². The molecule has 7 nitrogen and oxygen atoms in total. The third kappa shape index (κ3) is 6.02. The van der Waals surface area contributed by atoms with E-state index >= 15 is 0 Å². The summed E-state index contributed by atoms with van der Waals surface area (Å²) in [6.07, 6.45) is 2.65. The van der Waals surface area contributed by atoms with Gasteiger partial charge in [0, 0.05) is 30.4 Å². The molecule has 2 rings (SSSR count). The van der Waals surface area contributed by atoms with Gasteiger partial charge >= 0.3 is 0 Å². The highest BCUT2D eigenvalue weighted by Gasteiger charge is 2.20. The molecule has 0 unspecified atom stereocenters. The number of ketones is 1. The van der Waals surface area contributed by atoms with Crippen molar-refractivity contribution in [3.8, 4) is 11.4 Å². The van der Waals surface area contributed by atoms with Crippen LogP contribution in [0.4, 0.5) is 0 Å². The van der Waals surface area contributed by atoms with Gasteiger partial charge < -0.3 is 5.32 Å². The molecule has 0 radical (unpaired) electrons. The number of nitrogens with zero attached hydrogens (tertiary/aromatic N) is 4. The van der Waals surface area contributed by atoms with Crippen molar-refractivity contribution in [2.24, 2.45) is 5.41 Å². The molecule has 0 aliphatic rings. The summed E-state index contributed by atoms with van der Waals surface area (Å²) in [5.74, 6) is 0.593. The van der Waals surface area contributed by atoms with Crippen LogP contribution in [-0.2, 0) is 16.1 Å². The van der Waals surface area contributed by atoms with E-state index in [1.807, 2.05) is 45.0 Å². The highest BCUT2D eigenvalue weighted by Crippen LogP contribution is 2.18. The Morgan fingerprint density at radius 1 is 1.00 bits per heavy atom. The number of carbonyl (C=O) groups is 2. The molecule has 1 aromatic carbocycles. The third-order valence-corrected chi connectivity index (χ3v) is 3.75. The lowest BCUT2D eigenvalue weighted by Crippen LogP contribution is -2.24. The number of amides is 1. The predicted molar refractivity (Wildman–Crippen MR) is 93.2 cm³/mol. The van der Waals surface area contributed by atoms with Crippen LogP contribution in [-0.4, -0.2) is 32.1 Å². The van der Waals surface area contributed by atoms with Gasteiger partial charge in [0.1, 0.15) is 5.78 Å². The van der Waals surface area contributed by atoms with E-state index in [-0.39, 0.29) is 17.1 Å². The molecule has 0 aliphatic heterocycles. The first kappa shape index (κ1) is 18.6. The van der Waals surface area contributed by atoms with Crippen molar-refractivity contribution in [3.05, 3.63) is 36.2 Å². The van der Waals surface area contributed by atoms with E-state index in [0.29, 0.717) is 31.6 Å². The molecule has 2 aromatic rings. The van der Waals surface area contributed by atoms with Crippen LogP contribution in [0.2, 0.25) is 0 Å². The second-order valence-electron chi connectivity index (χ2n) is 6.87. The number of aromatic nitrogens is 4. The first-order chi connectivity index (χ1) is 11.9. The summed E-state index contributed by atoms with van der Waals surface area (Å²) in [6, 6.07) is 7.52. The molecule has 7 heteroatoms. The van der Waals surface area contributed by atoms with Crippen molar-refractivity contribution in [3.63, 3.8) is 0 Å². The standard InChI is InChI=1S/C18H23N5O2/c1-18(2,3)15(24)5-4-6-16(25)19-11-13-7-9-14(10-8-13)17-22-20-12-21-23-17/h7-10,12H,4-6,11H2,1-3H3,(H,19,25). The maximum absolute atomic E-state index is 11.9. The summed E-state index contributed by atoms with van der Waals surface area (Å²) < 4.78 is 0. The molecular formula is C18H23N5O2. The van der Waals surface area contributed by atoms with Crippen LogP contribution in [0.25, 0.3) is 11.4 Å². The average Bonchev–Trinajstić information content (AvgIpc) is 2.60. The predicted octanol–water partition coefficient (Wildman–Crippen LogP) is 2.34. The lowest BCUT2D eigenvalue weighted by molar-refractivity contribution is -0.126. The molecule has 0 saturated heterocycles. The molecule has 0 bridgehead atoms. The maximum atomic E-state index is 11.9. The lowest BCUT2D eigenvalue weighted by Gasteiger charge is -2.16. The zero-order valence-corrected chi connectivity index (χ0v) is 14.8. The summed E-state index contributed by atoms with van der Waals surface area (Å²) >= 11 is 0. The van der Waals surface area contributed by atoms with Crippen LogP contribution in [0.5, 0.6) is 0 Å². The number of hydrogen-bond acceptors (Lipinski definition) is 6. The van der Waals surface area contributed by atoms with Gasteiger partial charge in [-0.2, -0.15) is 0 Å². The Morgan fingerprint density at radius 2 is 1.64 bits per heavy atom. The SMILES string of the molecule is CC(C)(C)C(=O)CCCC(=O)NCc1ccc(-c2nncnn2)cc1. The minimum atomic E-state index is -0.342. The maximum Gasteiger partial charge on any atom is 0.220 e. The topological polar surface area (TPSA) is 97.7 Å². The van der Waals surface area contributed by atoms with Crippen LogP contribution in [0.15, 0.2) is 30.6 Å². The van der Waals surface area contributed by atoms with Crippen LogP contribution >= 0.6 is 0 Å². The van der Waals surface area contributed by atoms with E-state index in [1.165, 1.54) is 6.33 Å². The number of rotatable bonds is 7. The van der Waals surface area contributed by atoms with Gasteiger partial charge in [-0.15, -0.1) is 20.4 Å². The van der Waals surface area contributed by atoms with E-state index in [9.17, 15) is 9.59 Å². The summed E-state index contributed by atoms with van der Waals surface area (Å²) in [5, 5.41) is 18.0. The van der Waals surface area contributed by atoms with Gasteiger partial charge in [-0.25, -0.2) is 0 Å². The molecular weight excluding hydrogens is 318 g/mol. The molecule has 1 N–H and O–H groups in total. The highest BCUT2D eigenvalue weighted by molar-refractivity contribution is 5.84. The number of hydrogen-bond donors (Lipinski definition) is 1. The Morgan fingerprint density at radius 3 is 2.24 bits per heavy atom. The third-order valence-electron chi connectivity index (χ3n) is 3.75. The van der Waals surface area contributed by atoms with E-state index < -0.39 is 0 Å². The Bertz CT molecular complexity index is 708. The highest BCUT2D eigenvalue weighted by atomic mass is 16.1. The molecule has 0 spiro atoms. The second-order valence-corrected chi connectivity index (χ2v) is 6.87. The van der Waals surface area contributed by atoms with Crippen LogP contribution in [0.1, 0.15) is 45.6 Å². The molecule has 0 fully saturated rings. The fourth-order valence-corrected chi connectivity index (χ4v) is 2.16. The normalized spacial score (nSPS) is 11.2. The Hall–Kier alpha value is -2.70. The Labute approximate surface area is 147 Å². The molecule has 0 saturated carbocycles. The number of carbonyl (C=O) groups excluding carboxylic acids is 2. The summed E-state index contributed by atoms with van der Waals surface area (Å²) in [7, 11) is 0. The average molecular weight is 341 g/mol. The fourth-order valence-electron chi connectivity index (χ4n) is 2.16. The van der Waals surface area contributed by atoms with Crippen LogP contribution in [0.3, 0.4) is 0 Å². The van der Waals surface area contributed by atoms with E-state index in [0.717, 1.165) is 11.1 Å². The Balaban J connectivity index is 1.76.